The average Bonchev–Trinajstić information content (AvgIpc) is 3.16. The number of alkyl carbamates (subject to hydrolysis) is 1. The third-order valence-electron chi connectivity index (χ3n) is 5.91. The number of thiazole rings is 1. The van der Waals surface area contributed by atoms with Gasteiger partial charge in [0.1, 0.15) is 22.1 Å². The first-order chi connectivity index (χ1) is 18.5. The fourth-order valence-electron chi connectivity index (χ4n) is 4.32. The molecule has 9 nitrogen and oxygen atoms in total. The Bertz CT molecular complexity index is 1310. The minimum atomic E-state index is -3.34. The van der Waals surface area contributed by atoms with Gasteiger partial charge in [-0.2, -0.15) is 0 Å². The third kappa shape index (κ3) is 9.35. The number of carbonyl (C=O) groups is 2. The highest BCUT2D eigenvalue weighted by Gasteiger charge is 2.28. The van der Waals surface area contributed by atoms with Gasteiger partial charge in [-0.25, -0.2) is 31.7 Å². The van der Waals surface area contributed by atoms with Crippen molar-refractivity contribution in [1.29, 1.82) is 0 Å². The lowest BCUT2D eigenvalue weighted by Gasteiger charge is -2.29. The maximum Gasteiger partial charge on any atom is 0.407 e. The van der Waals surface area contributed by atoms with Crippen LogP contribution < -0.4 is 15.4 Å². The highest BCUT2D eigenvalue weighted by Crippen LogP contribution is 2.33. The topological polar surface area (TPSA) is 126 Å². The summed E-state index contributed by atoms with van der Waals surface area (Å²) in [4.78, 5) is 28.9. The summed E-state index contributed by atoms with van der Waals surface area (Å²) in [6.45, 7) is 8.55. The van der Waals surface area contributed by atoms with Gasteiger partial charge < -0.3 is 15.4 Å². The second-order valence-corrected chi connectivity index (χ2v) is 14.4. The number of anilines is 1. The summed E-state index contributed by atoms with van der Waals surface area (Å²) in [5.41, 5.74) is -1.39. The summed E-state index contributed by atoms with van der Waals surface area (Å²) in [7, 11) is -3.34. The number of hydrogen-bond acceptors (Lipinski definition) is 8. The summed E-state index contributed by atoms with van der Waals surface area (Å²) in [6, 6.07) is 1.76. The lowest BCUT2D eigenvalue weighted by Crippen LogP contribution is -2.41. The minimum absolute atomic E-state index is 0.0266. The summed E-state index contributed by atoms with van der Waals surface area (Å²) in [5.74, 6) is -3.03. The number of halogens is 3. The standard InChI is InChI=1S/C26H35ClF2N4O5S2/c1-14(2)13-40(36,37)33-17-8-6-16(7-9-17)31-24-32-23(27)22(39-24)21(34)20-18(28)10-15(11-19(20)29)12-30-25(35)38-26(3,4)5/h10-11,14,16-17,33H,6-9,12-13H2,1-5H3,(H,30,35)(H,31,32)/t16-,17-. The van der Waals surface area contributed by atoms with Crippen LogP contribution in [-0.4, -0.2) is 48.7 Å². The zero-order valence-corrected chi connectivity index (χ0v) is 25.5. The Morgan fingerprint density at radius 2 is 1.70 bits per heavy atom. The number of rotatable bonds is 10. The number of nitrogens with one attached hydrogen (secondary N) is 3. The van der Waals surface area contributed by atoms with Crippen molar-refractivity contribution in [3.05, 3.63) is 44.9 Å². The van der Waals surface area contributed by atoms with E-state index in [0.717, 1.165) is 23.5 Å². The van der Waals surface area contributed by atoms with Gasteiger partial charge in [0.25, 0.3) is 0 Å². The molecule has 0 aliphatic heterocycles. The fraction of sp³-hybridized carbons (Fsp3) is 0.577. The van der Waals surface area contributed by atoms with E-state index in [4.69, 9.17) is 16.3 Å². The first-order valence-corrected chi connectivity index (χ1v) is 15.8. The van der Waals surface area contributed by atoms with Crippen LogP contribution in [0.3, 0.4) is 0 Å². The molecule has 1 fully saturated rings. The monoisotopic (exact) mass is 620 g/mol. The predicted molar refractivity (Wildman–Crippen MR) is 151 cm³/mol. The van der Waals surface area contributed by atoms with Crippen molar-refractivity contribution in [3.63, 3.8) is 0 Å². The normalized spacial score (nSPS) is 18.0. The van der Waals surface area contributed by atoms with Crippen LogP contribution in [0.15, 0.2) is 12.1 Å². The Kier molecular flexibility index (Phi) is 10.5. The Labute approximate surface area is 242 Å². The van der Waals surface area contributed by atoms with Crippen LogP contribution in [0.4, 0.5) is 18.7 Å². The van der Waals surface area contributed by atoms with E-state index in [1.165, 1.54) is 0 Å². The number of sulfonamides is 1. The summed E-state index contributed by atoms with van der Waals surface area (Å²) in [5, 5.41) is 5.76. The second kappa shape index (κ2) is 13.1. The number of benzene rings is 1. The van der Waals surface area contributed by atoms with Crippen molar-refractivity contribution in [2.45, 2.75) is 84.5 Å². The number of aromatic nitrogens is 1. The van der Waals surface area contributed by atoms with Crippen molar-refractivity contribution >= 4 is 50.0 Å². The van der Waals surface area contributed by atoms with E-state index >= 15 is 0 Å². The Balaban J connectivity index is 1.62. The molecule has 1 aromatic carbocycles. The highest BCUT2D eigenvalue weighted by molar-refractivity contribution is 7.89. The minimum Gasteiger partial charge on any atom is -0.444 e. The summed E-state index contributed by atoms with van der Waals surface area (Å²) < 4.78 is 62.0. The fourth-order valence-corrected chi connectivity index (χ4v) is 7.26. The molecule has 1 heterocycles. The van der Waals surface area contributed by atoms with Crippen LogP contribution in [0.1, 0.15) is 81.1 Å². The molecule has 40 heavy (non-hydrogen) atoms. The van der Waals surface area contributed by atoms with Gasteiger partial charge in [0.2, 0.25) is 15.8 Å². The highest BCUT2D eigenvalue weighted by atomic mass is 35.5. The van der Waals surface area contributed by atoms with E-state index in [2.05, 4.69) is 20.3 Å². The molecule has 14 heteroatoms. The van der Waals surface area contributed by atoms with Gasteiger partial charge in [0, 0.05) is 18.6 Å². The molecule has 0 spiro atoms. The van der Waals surface area contributed by atoms with Gasteiger partial charge in [-0.3, -0.25) is 4.79 Å². The van der Waals surface area contributed by atoms with E-state index in [-0.39, 0.29) is 45.9 Å². The summed E-state index contributed by atoms with van der Waals surface area (Å²) in [6.07, 6.45) is 1.84. The van der Waals surface area contributed by atoms with Gasteiger partial charge in [-0.1, -0.05) is 36.8 Å². The summed E-state index contributed by atoms with van der Waals surface area (Å²) >= 11 is 7.07. The van der Waals surface area contributed by atoms with E-state index < -0.39 is 44.7 Å². The Hall–Kier alpha value is -2.35. The van der Waals surface area contributed by atoms with E-state index in [1.54, 1.807) is 20.8 Å². The maximum absolute atomic E-state index is 14.8. The lowest BCUT2D eigenvalue weighted by molar-refractivity contribution is 0.0523. The van der Waals surface area contributed by atoms with Gasteiger partial charge in [0.05, 0.1) is 11.3 Å². The number of carbonyl (C=O) groups excluding carboxylic acids is 2. The molecular weight excluding hydrogens is 586 g/mol. The largest absolute Gasteiger partial charge is 0.444 e. The van der Waals surface area contributed by atoms with Crippen molar-refractivity contribution < 1.29 is 31.5 Å². The molecule has 222 valence electrons. The number of ether oxygens (including phenoxy) is 1. The van der Waals surface area contributed by atoms with E-state index in [0.29, 0.717) is 30.8 Å². The molecular formula is C26H35ClF2N4O5S2. The van der Waals surface area contributed by atoms with Gasteiger partial charge >= 0.3 is 6.09 Å². The molecule has 3 rings (SSSR count). The predicted octanol–water partition coefficient (Wildman–Crippen LogP) is 5.63. The second-order valence-electron chi connectivity index (χ2n) is 11.2. The number of amides is 1. The molecule has 0 bridgehead atoms. The molecule has 1 aliphatic carbocycles. The lowest BCUT2D eigenvalue weighted by atomic mass is 9.92. The van der Waals surface area contributed by atoms with Crippen LogP contribution in [-0.2, 0) is 21.3 Å². The number of ketones is 1. The SMILES string of the molecule is CC(C)CS(=O)(=O)N[C@H]1CC[C@H](Nc2nc(Cl)c(C(=O)c3c(F)cc(CNC(=O)OC(C)(C)C)cc3F)s2)CC1. The zero-order valence-electron chi connectivity index (χ0n) is 23.1. The molecule has 3 N–H and O–H groups in total. The first kappa shape index (κ1) is 32.2. The van der Waals surface area contributed by atoms with Gasteiger partial charge in [-0.05, 0) is 70.1 Å². The molecule has 0 saturated heterocycles. The van der Waals surface area contributed by atoms with Gasteiger partial charge in [-0.15, -0.1) is 0 Å². The molecule has 2 aromatic rings. The number of hydrogen-bond donors (Lipinski definition) is 3. The molecule has 0 atom stereocenters. The zero-order chi connectivity index (χ0) is 29.8. The molecule has 0 radical (unpaired) electrons. The van der Waals surface area contributed by atoms with Crippen LogP contribution in [0.2, 0.25) is 5.15 Å². The quantitative estimate of drug-likeness (QED) is 0.294. The van der Waals surface area contributed by atoms with Crippen molar-refractivity contribution in [1.82, 2.24) is 15.0 Å². The van der Waals surface area contributed by atoms with E-state index in [9.17, 15) is 26.8 Å². The average molecular weight is 621 g/mol. The van der Waals surface area contributed by atoms with Gasteiger partial charge in [0.15, 0.2) is 10.3 Å². The molecule has 1 aromatic heterocycles. The smallest absolute Gasteiger partial charge is 0.407 e. The van der Waals surface area contributed by atoms with Crippen LogP contribution in [0.25, 0.3) is 0 Å². The maximum atomic E-state index is 14.8. The van der Waals surface area contributed by atoms with Crippen LogP contribution in [0.5, 0.6) is 0 Å². The van der Waals surface area contributed by atoms with Crippen LogP contribution in [0, 0.1) is 17.6 Å². The molecule has 1 amide bonds. The van der Waals surface area contributed by atoms with Crippen molar-refractivity contribution in [2.75, 3.05) is 11.1 Å². The van der Waals surface area contributed by atoms with Crippen molar-refractivity contribution in [2.24, 2.45) is 5.92 Å². The van der Waals surface area contributed by atoms with Crippen LogP contribution >= 0.6 is 22.9 Å². The Morgan fingerprint density at radius 3 is 2.25 bits per heavy atom. The van der Waals surface area contributed by atoms with E-state index in [1.807, 2.05) is 13.8 Å². The third-order valence-corrected chi connectivity index (χ3v) is 9.08. The first-order valence-electron chi connectivity index (χ1n) is 13.0. The molecule has 1 aliphatic rings. The van der Waals surface area contributed by atoms with Crippen molar-refractivity contribution in [3.8, 4) is 0 Å². The number of nitrogens with zero attached hydrogens (tertiary/aromatic N) is 1. The Morgan fingerprint density at radius 1 is 1.12 bits per heavy atom. The molecule has 0 unspecified atom stereocenters. The molecule has 1 saturated carbocycles.